The van der Waals surface area contributed by atoms with E-state index in [0.29, 0.717) is 10.9 Å². The van der Waals surface area contributed by atoms with E-state index in [9.17, 15) is 0 Å². The van der Waals surface area contributed by atoms with Gasteiger partial charge in [0.1, 0.15) is 0 Å². The lowest BCUT2D eigenvalue weighted by Crippen LogP contribution is -2.22. The Morgan fingerprint density at radius 2 is 1.80 bits per heavy atom. The van der Waals surface area contributed by atoms with E-state index in [1.807, 2.05) is 0 Å². The zero-order chi connectivity index (χ0) is 7.40. The third-order valence-corrected chi connectivity index (χ3v) is 3.16. The van der Waals surface area contributed by atoms with Gasteiger partial charge >= 0.3 is 0 Å². The fraction of sp³-hybridized carbons (Fsp3) is 1.00. The molecular weight excluding hydrogens is 142 g/mol. The van der Waals surface area contributed by atoms with Gasteiger partial charge in [0.25, 0.3) is 0 Å². The van der Waals surface area contributed by atoms with Crippen molar-refractivity contribution in [3.05, 3.63) is 0 Å². The molecule has 1 saturated heterocycles. The zero-order valence-electron chi connectivity index (χ0n) is 7.14. The van der Waals surface area contributed by atoms with Crippen LogP contribution < -0.4 is 0 Å². The van der Waals surface area contributed by atoms with Gasteiger partial charge in [0.15, 0.2) is 0 Å². The van der Waals surface area contributed by atoms with E-state index in [1.165, 1.54) is 38.2 Å². The molecule has 0 atom stereocenters. The highest BCUT2D eigenvalue weighted by Crippen LogP contribution is 2.14. The molecule has 0 amide bonds. The molecule has 1 aliphatic heterocycles. The van der Waals surface area contributed by atoms with Gasteiger partial charge in [0.2, 0.25) is 0 Å². The van der Waals surface area contributed by atoms with Crippen LogP contribution in [-0.2, 0) is 0 Å². The number of rotatable bonds is 3. The van der Waals surface area contributed by atoms with Gasteiger partial charge in [-0.15, -0.1) is 0 Å². The molecule has 0 aromatic carbocycles. The summed E-state index contributed by atoms with van der Waals surface area (Å²) in [5, 5.41) is 0. The van der Waals surface area contributed by atoms with Crippen molar-refractivity contribution in [3.8, 4) is 0 Å². The Hall–Kier alpha value is 0.310. The summed E-state index contributed by atoms with van der Waals surface area (Å²) in [5.74, 6) is 1.44. The van der Waals surface area contributed by atoms with E-state index < -0.39 is 0 Å². The Morgan fingerprint density at radius 3 is 2.30 bits per heavy atom. The van der Waals surface area contributed by atoms with Crippen molar-refractivity contribution in [1.29, 1.82) is 0 Å². The second-order valence-corrected chi connectivity index (χ2v) is 5.96. The molecule has 0 radical (unpaired) electrons. The maximum absolute atomic E-state index is 2.60. The first-order valence-electron chi connectivity index (χ1n) is 4.16. The molecule has 62 valence electrons. The molecule has 0 bridgehead atoms. The lowest BCUT2D eigenvalue weighted by molar-refractivity contribution is 0.362. The number of hydrogen-bond donors (Lipinski definition) is 1. The molecular formula is C8H19NS. The van der Waals surface area contributed by atoms with Gasteiger partial charge in [-0.1, -0.05) is 0 Å². The Bertz CT molecular complexity index is 87.3. The van der Waals surface area contributed by atoms with Gasteiger partial charge in [0, 0.05) is 6.54 Å². The fourth-order valence-corrected chi connectivity index (χ4v) is 2.03. The first-order chi connectivity index (χ1) is 4.79. The van der Waals surface area contributed by atoms with Gasteiger partial charge < -0.3 is 4.90 Å². The van der Waals surface area contributed by atoms with Gasteiger partial charge in [-0.25, -0.2) is 0 Å². The monoisotopic (exact) mass is 161 g/mol. The van der Waals surface area contributed by atoms with Gasteiger partial charge in [0.05, 0.1) is 0 Å². The SMILES string of the molecule is C[SH](C)CCN1CCCC1. The lowest BCUT2D eigenvalue weighted by atomic mass is 10.4. The maximum atomic E-state index is 2.60. The minimum Gasteiger partial charge on any atom is -0.303 e. The molecule has 1 heterocycles. The van der Waals surface area contributed by atoms with Crippen LogP contribution in [0.3, 0.4) is 0 Å². The van der Waals surface area contributed by atoms with Crippen LogP contribution in [-0.4, -0.2) is 42.8 Å². The van der Waals surface area contributed by atoms with E-state index in [1.54, 1.807) is 0 Å². The van der Waals surface area contributed by atoms with E-state index in [-0.39, 0.29) is 0 Å². The summed E-state index contributed by atoms with van der Waals surface area (Å²) in [5.41, 5.74) is 0. The highest BCUT2D eigenvalue weighted by molar-refractivity contribution is 8.15. The number of thiol groups is 1. The highest BCUT2D eigenvalue weighted by atomic mass is 32.2. The average molecular weight is 161 g/mol. The Balaban J connectivity index is 2.01. The summed E-state index contributed by atoms with van der Waals surface area (Å²) in [6, 6.07) is 0. The first kappa shape index (κ1) is 8.41. The van der Waals surface area contributed by atoms with Gasteiger partial charge in [-0.3, -0.25) is 10.9 Å². The first-order valence-corrected chi connectivity index (χ1v) is 6.58. The average Bonchev–Trinajstić information content (AvgIpc) is 2.34. The molecule has 0 aromatic heterocycles. The molecule has 1 aliphatic rings. The van der Waals surface area contributed by atoms with Crippen LogP contribution in [0.15, 0.2) is 0 Å². The van der Waals surface area contributed by atoms with E-state index in [4.69, 9.17) is 0 Å². The molecule has 0 aliphatic carbocycles. The Kier molecular flexibility index (Phi) is 3.57. The molecule has 1 nitrogen and oxygen atoms in total. The summed E-state index contributed by atoms with van der Waals surface area (Å²) >= 11 is 0. The summed E-state index contributed by atoms with van der Waals surface area (Å²) in [6.07, 6.45) is 7.60. The third-order valence-electron chi connectivity index (χ3n) is 2.06. The molecule has 1 rings (SSSR count). The van der Waals surface area contributed by atoms with Crippen LogP contribution in [0.5, 0.6) is 0 Å². The molecule has 0 unspecified atom stereocenters. The van der Waals surface area contributed by atoms with Crippen molar-refractivity contribution < 1.29 is 0 Å². The van der Waals surface area contributed by atoms with Gasteiger partial charge in [-0.05, 0) is 44.2 Å². The quantitative estimate of drug-likeness (QED) is 0.611. The van der Waals surface area contributed by atoms with Crippen molar-refractivity contribution >= 4 is 10.9 Å². The fourth-order valence-electron chi connectivity index (χ4n) is 1.35. The smallest absolute Gasteiger partial charge is 0.00554 e. The van der Waals surface area contributed by atoms with Crippen LogP contribution in [0.25, 0.3) is 0 Å². The molecule has 0 N–H and O–H groups in total. The topological polar surface area (TPSA) is 3.24 Å². The van der Waals surface area contributed by atoms with Crippen molar-refractivity contribution in [2.24, 2.45) is 0 Å². The van der Waals surface area contributed by atoms with Crippen molar-refractivity contribution in [3.63, 3.8) is 0 Å². The van der Waals surface area contributed by atoms with Crippen LogP contribution in [0.2, 0.25) is 0 Å². The molecule has 2 heteroatoms. The van der Waals surface area contributed by atoms with Crippen LogP contribution in [0, 0.1) is 0 Å². The van der Waals surface area contributed by atoms with Crippen LogP contribution >= 0.6 is 10.9 Å². The van der Waals surface area contributed by atoms with Crippen LogP contribution in [0.1, 0.15) is 12.8 Å². The number of nitrogens with zero attached hydrogens (tertiary/aromatic N) is 1. The van der Waals surface area contributed by atoms with Crippen molar-refractivity contribution in [2.75, 3.05) is 37.9 Å². The minimum atomic E-state index is 0.342. The standard InChI is InChI=1S/C8H19NS/c1-10(2)8-7-9-5-3-4-6-9/h10H,3-8H2,1-2H3. The van der Waals surface area contributed by atoms with E-state index in [0.717, 1.165) is 0 Å². The third kappa shape index (κ3) is 2.93. The normalized spacial score (nSPS) is 21.6. The Labute approximate surface area is 67.1 Å². The van der Waals surface area contributed by atoms with E-state index >= 15 is 0 Å². The summed E-state index contributed by atoms with van der Waals surface area (Å²) in [7, 11) is 0.342. The zero-order valence-corrected chi connectivity index (χ0v) is 8.03. The summed E-state index contributed by atoms with van der Waals surface area (Å²) < 4.78 is 0. The molecule has 0 saturated carbocycles. The van der Waals surface area contributed by atoms with Crippen LogP contribution in [0.4, 0.5) is 0 Å². The predicted molar refractivity (Wildman–Crippen MR) is 51.4 cm³/mol. The summed E-state index contributed by atoms with van der Waals surface area (Å²) in [4.78, 5) is 2.60. The summed E-state index contributed by atoms with van der Waals surface area (Å²) in [6.45, 7) is 4.09. The maximum Gasteiger partial charge on any atom is 0.00554 e. The number of hydrogen-bond acceptors (Lipinski definition) is 1. The second-order valence-electron chi connectivity index (χ2n) is 3.35. The minimum absolute atomic E-state index is 0.342. The molecule has 10 heavy (non-hydrogen) atoms. The second kappa shape index (κ2) is 4.24. The number of likely N-dealkylation sites (tertiary alicyclic amines) is 1. The van der Waals surface area contributed by atoms with E-state index in [2.05, 4.69) is 17.4 Å². The molecule has 1 fully saturated rings. The molecule has 0 aromatic rings. The Morgan fingerprint density at radius 1 is 1.20 bits per heavy atom. The lowest BCUT2D eigenvalue weighted by Gasteiger charge is -2.17. The molecule has 0 spiro atoms. The highest BCUT2D eigenvalue weighted by Gasteiger charge is 2.09. The van der Waals surface area contributed by atoms with Gasteiger partial charge in [-0.2, -0.15) is 0 Å². The largest absolute Gasteiger partial charge is 0.303 e. The predicted octanol–water partition coefficient (Wildman–Crippen LogP) is 1.34. The van der Waals surface area contributed by atoms with Crippen molar-refractivity contribution in [1.82, 2.24) is 4.90 Å². The van der Waals surface area contributed by atoms with Crippen molar-refractivity contribution in [2.45, 2.75) is 12.8 Å².